The number of ether oxygens (including phenoxy) is 9. The van der Waals surface area contributed by atoms with Crippen LogP contribution in [0.1, 0.15) is 41.5 Å². The number of carbonyl (C=O) groups is 6. The van der Waals surface area contributed by atoms with Crippen LogP contribution in [0.3, 0.4) is 0 Å². The van der Waals surface area contributed by atoms with Crippen molar-refractivity contribution in [1.82, 2.24) is 0 Å². The second kappa shape index (κ2) is 14.5. The van der Waals surface area contributed by atoms with Gasteiger partial charge in [-0.1, -0.05) is 15.9 Å². The lowest BCUT2D eigenvalue weighted by Crippen LogP contribution is -2.65. The van der Waals surface area contributed by atoms with Crippen LogP contribution in [-0.4, -0.2) is 103 Å². The monoisotopic (exact) mass is 626 g/mol. The lowest BCUT2D eigenvalue weighted by molar-refractivity contribution is -0.335. The largest absolute Gasteiger partial charge is 0.463 e. The molecule has 2 aliphatic heterocycles. The van der Waals surface area contributed by atoms with Gasteiger partial charge in [0.05, 0.1) is 6.61 Å². The van der Waals surface area contributed by atoms with Gasteiger partial charge in [0.25, 0.3) is 0 Å². The van der Waals surface area contributed by atoms with E-state index in [4.69, 9.17) is 42.6 Å². The molecule has 0 aromatic rings. The highest BCUT2D eigenvalue weighted by atomic mass is 79.9. The van der Waals surface area contributed by atoms with Gasteiger partial charge in [0.1, 0.15) is 18.8 Å². The van der Waals surface area contributed by atoms with Crippen molar-refractivity contribution < 1.29 is 71.4 Å². The second-order valence-corrected chi connectivity index (χ2v) is 9.48. The van der Waals surface area contributed by atoms with E-state index in [1.807, 2.05) is 0 Å². The van der Waals surface area contributed by atoms with E-state index in [9.17, 15) is 28.8 Å². The summed E-state index contributed by atoms with van der Waals surface area (Å²) in [5.41, 5.74) is 0. The summed E-state index contributed by atoms with van der Waals surface area (Å²) >= 11 is 3.24. The molecule has 220 valence electrons. The molecule has 16 heteroatoms. The highest BCUT2D eigenvalue weighted by molar-refractivity contribution is 9.09. The zero-order valence-electron chi connectivity index (χ0n) is 22.1. The highest BCUT2D eigenvalue weighted by Gasteiger charge is 2.55. The number of rotatable bonds is 9. The molecular weight excluding hydrogens is 596 g/mol. The SMILES string of the molecule is CC(=O)OC[C@H]1O[C@@H](O[C@H]2[C@H](OC(C)=O)[C@@H](Br)OC[C@H]2OC(C)=O)[C@H](OC(C)=O)[C@@H](OC(C)=O)[C@H]1OC(C)=O. The highest BCUT2D eigenvalue weighted by Crippen LogP contribution is 2.34. The minimum atomic E-state index is -1.61. The molecule has 15 nitrogen and oxygen atoms in total. The molecule has 0 saturated carbocycles. The van der Waals surface area contributed by atoms with Crippen LogP contribution in [0, 0.1) is 0 Å². The Kier molecular flexibility index (Phi) is 12.1. The Bertz CT molecular complexity index is 938. The summed E-state index contributed by atoms with van der Waals surface area (Å²) in [6.07, 6.45) is -10.9. The molecule has 0 unspecified atom stereocenters. The summed E-state index contributed by atoms with van der Waals surface area (Å²) in [4.78, 5) is 71.1. The molecule has 0 radical (unpaired) electrons. The van der Waals surface area contributed by atoms with Gasteiger partial charge in [0.15, 0.2) is 41.8 Å². The number of alkyl halides is 1. The topological polar surface area (TPSA) is 185 Å². The first-order chi connectivity index (χ1) is 18.2. The molecule has 0 aromatic carbocycles. The summed E-state index contributed by atoms with van der Waals surface area (Å²) in [7, 11) is 0. The van der Waals surface area contributed by atoms with Crippen LogP contribution < -0.4 is 0 Å². The van der Waals surface area contributed by atoms with Crippen LogP contribution >= 0.6 is 15.9 Å². The molecular formula is C23H31BrO15. The van der Waals surface area contributed by atoms with E-state index < -0.39 is 96.5 Å². The summed E-state index contributed by atoms with van der Waals surface area (Å²) in [5, 5.41) is -0.913. The minimum absolute atomic E-state index is 0.191. The van der Waals surface area contributed by atoms with E-state index in [-0.39, 0.29) is 6.61 Å². The van der Waals surface area contributed by atoms with Gasteiger partial charge < -0.3 is 42.6 Å². The molecule has 0 bridgehead atoms. The third-order valence-corrected chi connectivity index (χ3v) is 6.01. The molecule has 0 aromatic heterocycles. The predicted molar refractivity (Wildman–Crippen MR) is 127 cm³/mol. The van der Waals surface area contributed by atoms with Crippen LogP contribution in [-0.2, 0) is 71.4 Å². The van der Waals surface area contributed by atoms with Crippen molar-refractivity contribution in [3.05, 3.63) is 0 Å². The Morgan fingerprint density at radius 3 is 1.64 bits per heavy atom. The molecule has 39 heavy (non-hydrogen) atoms. The van der Waals surface area contributed by atoms with E-state index in [0.717, 1.165) is 41.5 Å². The van der Waals surface area contributed by atoms with Crippen molar-refractivity contribution >= 4 is 51.7 Å². The molecule has 2 fully saturated rings. The summed E-state index contributed by atoms with van der Waals surface area (Å²) in [5.74, 6) is -4.58. The van der Waals surface area contributed by atoms with Crippen molar-refractivity contribution in [2.45, 2.75) is 95.6 Å². The zero-order valence-corrected chi connectivity index (χ0v) is 23.7. The van der Waals surface area contributed by atoms with E-state index in [0.29, 0.717) is 0 Å². The zero-order chi connectivity index (χ0) is 29.4. The molecule has 0 N–H and O–H groups in total. The molecule has 2 saturated heterocycles. The van der Waals surface area contributed by atoms with Crippen LogP contribution in [0.15, 0.2) is 0 Å². The fourth-order valence-electron chi connectivity index (χ4n) is 3.98. The van der Waals surface area contributed by atoms with Crippen molar-refractivity contribution in [3.63, 3.8) is 0 Å². The Labute approximate surface area is 232 Å². The molecule has 2 aliphatic rings. The summed E-state index contributed by atoms with van der Waals surface area (Å²) in [6, 6.07) is 0. The average Bonchev–Trinajstić information content (AvgIpc) is 2.79. The van der Waals surface area contributed by atoms with E-state index in [2.05, 4.69) is 15.9 Å². The van der Waals surface area contributed by atoms with Crippen LogP contribution in [0.2, 0.25) is 0 Å². The fourth-order valence-corrected chi connectivity index (χ4v) is 4.54. The maximum absolute atomic E-state index is 12.1. The Morgan fingerprint density at radius 1 is 0.641 bits per heavy atom. The maximum atomic E-state index is 12.1. The number of hydrogen-bond donors (Lipinski definition) is 0. The van der Waals surface area contributed by atoms with Gasteiger partial charge in [-0.05, 0) is 0 Å². The number of carbonyl (C=O) groups excluding carboxylic acids is 6. The van der Waals surface area contributed by atoms with E-state index in [1.165, 1.54) is 0 Å². The average molecular weight is 627 g/mol. The Balaban J connectivity index is 2.56. The molecule has 0 spiro atoms. The smallest absolute Gasteiger partial charge is 0.303 e. The first-order valence-corrected chi connectivity index (χ1v) is 12.7. The maximum Gasteiger partial charge on any atom is 0.303 e. The van der Waals surface area contributed by atoms with Gasteiger partial charge >= 0.3 is 35.8 Å². The van der Waals surface area contributed by atoms with Crippen molar-refractivity contribution in [2.24, 2.45) is 0 Å². The van der Waals surface area contributed by atoms with Crippen molar-refractivity contribution in [1.29, 1.82) is 0 Å². The third-order valence-electron chi connectivity index (χ3n) is 5.23. The molecule has 9 atom stereocenters. The lowest BCUT2D eigenvalue weighted by atomic mass is 9.97. The van der Waals surface area contributed by atoms with Gasteiger partial charge in [0, 0.05) is 41.5 Å². The summed E-state index contributed by atoms with van der Waals surface area (Å²) < 4.78 is 49.3. The lowest BCUT2D eigenvalue weighted by Gasteiger charge is -2.47. The van der Waals surface area contributed by atoms with Gasteiger partial charge in [-0.2, -0.15) is 0 Å². The van der Waals surface area contributed by atoms with Gasteiger partial charge in [-0.15, -0.1) is 0 Å². The molecule has 0 amide bonds. The minimum Gasteiger partial charge on any atom is -0.463 e. The normalized spacial score (nSPS) is 32.2. The van der Waals surface area contributed by atoms with Crippen molar-refractivity contribution in [2.75, 3.05) is 13.2 Å². The number of esters is 6. The quantitative estimate of drug-likeness (QED) is 0.190. The second-order valence-electron chi connectivity index (χ2n) is 8.57. The molecule has 0 aliphatic carbocycles. The van der Waals surface area contributed by atoms with Crippen LogP contribution in [0.4, 0.5) is 0 Å². The Morgan fingerprint density at radius 2 is 1.13 bits per heavy atom. The number of hydrogen-bond acceptors (Lipinski definition) is 15. The van der Waals surface area contributed by atoms with Gasteiger partial charge in [0.2, 0.25) is 0 Å². The van der Waals surface area contributed by atoms with Crippen molar-refractivity contribution in [3.8, 4) is 0 Å². The first kappa shape index (κ1) is 32.4. The van der Waals surface area contributed by atoms with Crippen LogP contribution in [0.5, 0.6) is 0 Å². The van der Waals surface area contributed by atoms with E-state index >= 15 is 0 Å². The van der Waals surface area contributed by atoms with Crippen LogP contribution in [0.25, 0.3) is 0 Å². The molecule has 2 rings (SSSR count). The summed E-state index contributed by atoms with van der Waals surface area (Å²) in [6.45, 7) is 5.98. The van der Waals surface area contributed by atoms with E-state index in [1.54, 1.807) is 0 Å². The third kappa shape index (κ3) is 9.70. The van der Waals surface area contributed by atoms with Gasteiger partial charge in [-0.25, -0.2) is 0 Å². The Hall–Kier alpha value is -2.82. The standard InChI is InChI=1S/C23H31BrO15/c1-9(25)31-7-16-17(34-11(3)27)19(35-12(4)28)21(37-14(6)30)23(38-16)39-18-15(33-10(2)26)8-32-22(24)20(18)36-13(5)29/h15-23H,7-8H2,1-6H3/t15-,16-,17+,18-,19+,20+,21-,22+,23+/m1/s1. The first-order valence-electron chi connectivity index (χ1n) is 11.8. The fraction of sp³-hybridized carbons (Fsp3) is 0.739. The number of halogens is 1. The predicted octanol–water partition coefficient (Wildman–Crippen LogP) is 0.0693. The van der Waals surface area contributed by atoms with Gasteiger partial charge in [-0.3, -0.25) is 28.8 Å². The molecule has 2 heterocycles.